The van der Waals surface area contributed by atoms with Crippen molar-refractivity contribution >= 4 is 19.9 Å². The summed E-state index contributed by atoms with van der Waals surface area (Å²) in [6.45, 7) is 9.09. The van der Waals surface area contributed by atoms with Crippen molar-refractivity contribution in [1.29, 1.82) is 0 Å². The van der Waals surface area contributed by atoms with Crippen LogP contribution in [0.2, 0.25) is 19.6 Å². The van der Waals surface area contributed by atoms with Gasteiger partial charge in [-0.3, -0.25) is 0 Å². The van der Waals surface area contributed by atoms with Crippen LogP contribution in [0.4, 0.5) is 0 Å². The first kappa shape index (κ1) is 10.5. The lowest BCUT2D eigenvalue weighted by Gasteiger charge is -2.26. The van der Waals surface area contributed by atoms with E-state index in [0.29, 0.717) is 6.61 Å². The van der Waals surface area contributed by atoms with Gasteiger partial charge < -0.3 is 9.16 Å². The van der Waals surface area contributed by atoms with Crippen molar-refractivity contribution in [2.24, 2.45) is 0 Å². The van der Waals surface area contributed by atoms with Crippen molar-refractivity contribution in [3.05, 3.63) is 0 Å². The summed E-state index contributed by atoms with van der Waals surface area (Å²) in [6.07, 6.45) is 0.840. The number of hydrogen-bond acceptors (Lipinski definition) is 2. The first-order chi connectivity index (χ1) is 5.40. The van der Waals surface area contributed by atoms with Gasteiger partial charge in [-0.25, -0.2) is 0 Å². The zero-order valence-electron chi connectivity index (χ0n) is 8.19. The van der Waals surface area contributed by atoms with Crippen molar-refractivity contribution in [2.45, 2.75) is 44.1 Å². The van der Waals surface area contributed by atoms with Gasteiger partial charge in [-0.2, -0.15) is 0 Å². The molecule has 2 unspecified atom stereocenters. The van der Waals surface area contributed by atoms with Gasteiger partial charge in [0.15, 0.2) is 14.1 Å². The molecular formula is C8H17ClO2Si. The molecule has 1 rings (SSSR count). The van der Waals surface area contributed by atoms with Gasteiger partial charge in [0.2, 0.25) is 0 Å². The smallest absolute Gasteiger partial charge is 0.187 e. The quantitative estimate of drug-likeness (QED) is 0.402. The first-order valence-corrected chi connectivity index (χ1v) is 8.22. The second-order valence-electron chi connectivity index (χ2n) is 4.13. The number of halogens is 1. The number of hydrogen-bond donors (Lipinski definition) is 0. The lowest BCUT2D eigenvalue weighted by atomic mass is 10.7. The van der Waals surface area contributed by atoms with Crippen molar-refractivity contribution in [1.82, 2.24) is 0 Å². The largest absolute Gasteiger partial charge is 0.390 e. The molecule has 2 atom stereocenters. The van der Waals surface area contributed by atoms with E-state index in [1.807, 2.05) is 6.92 Å². The Morgan fingerprint density at radius 3 is 2.25 bits per heavy atom. The fourth-order valence-electron chi connectivity index (χ4n) is 1.24. The standard InChI is InChI=1S/C8H17ClO2Si/c1-5-10-8(6-7(8)9)11-12(2,3)4/h7H,5-6H2,1-4H3. The van der Waals surface area contributed by atoms with E-state index in [1.54, 1.807) is 0 Å². The molecule has 2 nitrogen and oxygen atoms in total. The molecule has 0 amide bonds. The summed E-state index contributed by atoms with van der Waals surface area (Å²) in [6, 6.07) is 0. The summed E-state index contributed by atoms with van der Waals surface area (Å²) in [5, 5.41) is 0.0594. The van der Waals surface area contributed by atoms with Crippen LogP contribution in [0, 0.1) is 0 Å². The lowest BCUT2D eigenvalue weighted by molar-refractivity contribution is -0.105. The Morgan fingerprint density at radius 2 is 2.00 bits per heavy atom. The van der Waals surface area contributed by atoms with Crippen molar-refractivity contribution in [3.63, 3.8) is 0 Å². The molecule has 0 bridgehead atoms. The molecule has 4 heteroatoms. The van der Waals surface area contributed by atoms with E-state index < -0.39 is 14.1 Å². The Bertz CT molecular complexity index is 169. The second kappa shape index (κ2) is 3.29. The van der Waals surface area contributed by atoms with Crippen LogP contribution in [0.25, 0.3) is 0 Å². The molecule has 0 spiro atoms. The number of alkyl halides is 1. The average molecular weight is 209 g/mol. The van der Waals surface area contributed by atoms with E-state index in [-0.39, 0.29) is 5.38 Å². The molecule has 1 fully saturated rings. The third-order valence-electron chi connectivity index (χ3n) is 1.65. The fraction of sp³-hybridized carbons (Fsp3) is 1.00. The fourth-order valence-corrected chi connectivity index (χ4v) is 2.96. The Hall–Kier alpha value is 0.427. The summed E-state index contributed by atoms with van der Waals surface area (Å²) in [7, 11) is -1.52. The second-order valence-corrected chi connectivity index (χ2v) is 9.09. The van der Waals surface area contributed by atoms with Crippen LogP contribution in [0.15, 0.2) is 0 Å². The predicted molar refractivity (Wildman–Crippen MR) is 53.0 cm³/mol. The highest BCUT2D eigenvalue weighted by atomic mass is 35.5. The summed E-state index contributed by atoms with van der Waals surface area (Å²) in [5.74, 6) is -0.430. The zero-order valence-corrected chi connectivity index (χ0v) is 9.94. The third-order valence-corrected chi connectivity index (χ3v) is 3.09. The Balaban J connectivity index is 2.48. The van der Waals surface area contributed by atoms with Crippen LogP contribution in [-0.4, -0.2) is 26.1 Å². The van der Waals surface area contributed by atoms with Crippen LogP contribution in [-0.2, 0) is 9.16 Å². The summed E-state index contributed by atoms with van der Waals surface area (Å²) >= 11 is 5.97. The molecular weight excluding hydrogens is 192 g/mol. The van der Waals surface area contributed by atoms with E-state index in [1.165, 1.54) is 0 Å². The molecule has 0 heterocycles. The molecule has 1 aliphatic carbocycles. The summed E-state index contributed by atoms with van der Waals surface area (Å²) in [4.78, 5) is 0. The monoisotopic (exact) mass is 208 g/mol. The Labute approximate surface area is 80.3 Å². The predicted octanol–water partition coefficient (Wildman–Crippen LogP) is 2.58. The zero-order chi connectivity index (χ0) is 9.41. The molecule has 1 saturated carbocycles. The van der Waals surface area contributed by atoms with E-state index in [0.717, 1.165) is 6.42 Å². The highest BCUT2D eigenvalue weighted by Gasteiger charge is 2.58. The van der Waals surface area contributed by atoms with Gasteiger partial charge in [0.25, 0.3) is 0 Å². The van der Waals surface area contributed by atoms with Crippen molar-refractivity contribution in [3.8, 4) is 0 Å². The Morgan fingerprint density at radius 1 is 1.50 bits per heavy atom. The Kier molecular flexibility index (Phi) is 2.88. The van der Waals surface area contributed by atoms with Gasteiger partial charge in [0.1, 0.15) is 0 Å². The minimum Gasteiger partial charge on any atom is -0.390 e. The molecule has 0 saturated heterocycles. The molecule has 0 aromatic heterocycles. The first-order valence-electron chi connectivity index (χ1n) is 4.38. The highest BCUT2D eigenvalue weighted by molar-refractivity contribution is 6.69. The molecule has 0 aromatic rings. The maximum atomic E-state index is 5.97. The van der Waals surface area contributed by atoms with Gasteiger partial charge in [-0.1, -0.05) is 0 Å². The molecule has 12 heavy (non-hydrogen) atoms. The van der Waals surface area contributed by atoms with E-state index in [4.69, 9.17) is 20.8 Å². The maximum Gasteiger partial charge on any atom is 0.187 e. The third kappa shape index (κ3) is 2.46. The van der Waals surface area contributed by atoms with Crippen LogP contribution >= 0.6 is 11.6 Å². The molecule has 0 aromatic carbocycles. The molecule has 0 aliphatic heterocycles. The summed E-state index contributed by atoms with van der Waals surface area (Å²) < 4.78 is 11.4. The van der Waals surface area contributed by atoms with E-state index in [9.17, 15) is 0 Å². The van der Waals surface area contributed by atoms with E-state index in [2.05, 4.69) is 19.6 Å². The molecule has 0 radical (unpaired) electrons. The molecule has 1 aliphatic rings. The van der Waals surface area contributed by atoms with Crippen molar-refractivity contribution < 1.29 is 9.16 Å². The van der Waals surface area contributed by atoms with E-state index >= 15 is 0 Å². The maximum absolute atomic E-state index is 5.97. The lowest BCUT2D eigenvalue weighted by Crippen LogP contribution is -2.36. The topological polar surface area (TPSA) is 18.5 Å². The van der Waals surface area contributed by atoms with Crippen LogP contribution in [0.1, 0.15) is 13.3 Å². The van der Waals surface area contributed by atoms with Gasteiger partial charge in [-0.15, -0.1) is 11.6 Å². The van der Waals surface area contributed by atoms with Crippen LogP contribution in [0.5, 0.6) is 0 Å². The minimum atomic E-state index is -1.52. The van der Waals surface area contributed by atoms with Gasteiger partial charge >= 0.3 is 0 Å². The number of rotatable bonds is 4. The molecule has 0 N–H and O–H groups in total. The highest BCUT2D eigenvalue weighted by Crippen LogP contribution is 2.47. The average Bonchev–Trinajstić information content (AvgIpc) is 2.37. The van der Waals surface area contributed by atoms with Gasteiger partial charge in [0.05, 0.1) is 5.38 Å². The minimum absolute atomic E-state index is 0.0594. The van der Waals surface area contributed by atoms with Gasteiger partial charge in [-0.05, 0) is 26.6 Å². The number of ether oxygens (including phenoxy) is 1. The van der Waals surface area contributed by atoms with Crippen molar-refractivity contribution in [2.75, 3.05) is 6.61 Å². The van der Waals surface area contributed by atoms with Crippen LogP contribution < -0.4 is 0 Å². The molecule has 72 valence electrons. The SMILES string of the molecule is CCOC1(O[Si](C)(C)C)CC1Cl. The normalized spacial score (nSPS) is 35.2. The summed E-state index contributed by atoms with van der Waals surface area (Å²) in [5.41, 5.74) is 0. The van der Waals surface area contributed by atoms with Crippen LogP contribution in [0.3, 0.4) is 0 Å². The van der Waals surface area contributed by atoms with Gasteiger partial charge in [0, 0.05) is 13.0 Å².